The molecule has 0 atom stereocenters. The van der Waals surface area contributed by atoms with Gasteiger partial charge < -0.3 is 15.7 Å². The van der Waals surface area contributed by atoms with Gasteiger partial charge in [-0.25, -0.2) is 0 Å². The second kappa shape index (κ2) is 7.56. The quantitative estimate of drug-likeness (QED) is 0.705. The molecule has 0 spiro atoms. The van der Waals surface area contributed by atoms with Gasteiger partial charge in [0.25, 0.3) is 11.8 Å². The molecule has 2 amide bonds. The Hall–Kier alpha value is -2.41. The van der Waals surface area contributed by atoms with Gasteiger partial charge in [0, 0.05) is 35.5 Å². The van der Waals surface area contributed by atoms with E-state index in [9.17, 15) is 9.59 Å². The molecule has 0 radical (unpaired) electrons. The Balaban J connectivity index is 1.76. The predicted molar refractivity (Wildman–Crippen MR) is 84.7 cm³/mol. The van der Waals surface area contributed by atoms with Crippen LogP contribution in [-0.4, -0.2) is 35.0 Å². The van der Waals surface area contributed by atoms with Crippen molar-refractivity contribution in [3.05, 3.63) is 58.3 Å². The number of phenols is 1. The van der Waals surface area contributed by atoms with Crippen LogP contribution >= 0.6 is 15.9 Å². The molecule has 7 heteroatoms. The van der Waals surface area contributed by atoms with Gasteiger partial charge in [-0.15, -0.1) is 0 Å². The predicted octanol–water partition coefficient (Wildman–Crippen LogP) is 1.71. The van der Waals surface area contributed by atoms with E-state index in [2.05, 4.69) is 31.5 Å². The van der Waals surface area contributed by atoms with E-state index in [1.54, 1.807) is 12.3 Å². The number of phenolic OH excluding ortho intramolecular Hbond substituents is 1. The van der Waals surface area contributed by atoms with Crippen molar-refractivity contribution in [1.29, 1.82) is 0 Å². The molecule has 0 aliphatic heterocycles. The maximum absolute atomic E-state index is 11.8. The monoisotopic (exact) mass is 363 g/mol. The third-order valence-electron chi connectivity index (χ3n) is 2.79. The minimum Gasteiger partial charge on any atom is -0.508 e. The van der Waals surface area contributed by atoms with Crippen LogP contribution in [0.1, 0.15) is 20.7 Å². The Morgan fingerprint density at radius 1 is 1.00 bits per heavy atom. The maximum Gasteiger partial charge on any atom is 0.252 e. The average molecular weight is 364 g/mol. The van der Waals surface area contributed by atoms with E-state index in [1.807, 2.05) is 0 Å². The number of hydrogen-bond donors (Lipinski definition) is 3. The molecular weight excluding hydrogens is 350 g/mol. The first-order valence-electron chi connectivity index (χ1n) is 6.52. The van der Waals surface area contributed by atoms with Crippen molar-refractivity contribution in [1.82, 2.24) is 15.6 Å². The number of nitrogens with one attached hydrogen (secondary N) is 2. The molecule has 6 nitrogen and oxygen atoms in total. The number of pyridine rings is 1. The van der Waals surface area contributed by atoms with E-state index in [-0.39, 0.29) is 17.6 Å². The van der Waals surface area contributed by atoms with Gasteiger partial charge in [0.2, 0.25) is 0 Å². The number of carbonyl (C=O) groups is 2. The maximum atomic E-state index is 11.8. The number of rotatable bonds is 5. The molecule has 22 heavy (non-hydrogen) atoms. The Kier molecular flexibility index (Phi) is 5.48. The van der Waals surface area contributed by atoms with Crippen molar-refractivity contribution in [2.75, 3.05) is 13.1 Å². The van der Waals surface area contributed by atoms with Gasteiger partial charge in [-0.3, -0.25) is 14.6 Å². The zero-order valence-corrected chi connectivity index (χ0v) is 13.1. The summed E-state index contributed by atoms with van der Waals surface area (Å²) in [4.78, 5) is 27.5. The highest BCUT2D eigenvalue weighted by Crippen LogP contribution is 2.10. The molecule has 0 aliphatic rings. The van der Waals surface area contributed by atoms with Crippen LogP contribution in [0, 0.1) is 0 Å². The fourth-order valence-electron chi connectivity index (χ4n) is 1.71. The molecular formula is C15H14BrN3O3. The first-order chi connectivity index (χ1) is 10.6. The minimum atomic E-state index is -0.265. The Morgan fingerprint density at radius 3 is 2.18 bits per heavy atom. The zero-order valence-electron chi connectivity index (χ0n) is 11.5. The number of benzene rings is 1. The molecule has 2 aromatic rings. The summed E-state index contributed by atoms with van der Waals surface area (Å²) in [5.41, 5.74) is 0.888. The topological polar surface area (TPSA) is 91.3 Å². The fourth-order valence-corrected chi connectivity index (χ4v) is 2.07. The normalized spacial score (nSPS) is 10.0. The van der Waals surface area contributed by atoms with Crippen LogP contribution in [0.2, 0.25) is 0 Å². The van der Waals surface area contributed by atoms with Gasteiger partial charge in [-0.1, -0.05) is 0 Å². The smallest absolute Gasteiger partial charge is 0.252 e. The average Bonchev–Trinajstić information content (AvgIpc) is 2.51. The minimum absolute atomic E-state index is 0.103. The van der Waals surface area contributed by atoms with E-state index >= 15 is 0 Å². The van der Waals surface area contributed by atoms with Crippen molar-refractivity contribution in [3.8, 4) is 5.75 Å². The zero-order chi connectivity index (χ0) is 15.9. The second-order valence-corrected chi connectivity index (χ2v) is 5.37. The summed E-state index contributed by atoms with van der Waals surface area (Å²) in [7, 11) is 0. The third kappa shape index (κ3) is 4.56. The highest BCUT2D eigenvalue weighted by molar-refractivity contribution is 9.10. The summed E-state index contributed by atoms with van der Waals surface area (Å²) in [6.45, 7) is 0.599. The summed E-state index contributed by atoms with van der Waals surface area (Å²) in [5, 5.41) is 14.5. The number of nitrogens with zero attached hydrogens (tertiary/aromatic N) is 1. The van der Waals surface area contributed by atoms with Crippen LogP contribution in [0.3, 0.4) is 0 Å². The van der Waals surface area contributed by atoms with Gasteiger partial charge in [0.1, 0.15) is 5.75 Å². The summed E-state index contributed by atoms with van der Waals surface area (Å²) >= 11 is 3.24. The van der Waals surface area contributed by atoms with E-state index in [0.29, 0.717) is 24.2 Å². The number of hydrogen-bond acceptors (Lipinski definition) is 4. The van der Waals surface area contributed by atoms with E-state index in [0.717, 1.165) is 4.47 Å². The summed E-state index contributed by atoms with van der Waals surface area (Å²) in [5.74, 6) is -0.419. The molecule has 2 rings (SSSR count). The number of aromatic hydroxyl groups is 1. The van der Waals surface area contributed by atoms with Crippen LogP contribution < -0.4 is 10.6 Å². The number of amides is 2. The molecule has 1 heterocycles. The SMILES string of the molecule is O=C(NCCNC(=O)c1cncc(Br)c1)c1ccc(O)cc1. The molecule has 0 fully saturated rings. The van der Waals surface area contributed by atoms with E-state index in [1.165, 1.54) is 30.5 Å². The van der Waals surface area contributed by atoms with Gasteiger partial charge >= 0.3 is 0 Å². The summed E-state index contributed by atoms with van der Waals surface area (Å²) < 4.78 is 0.723. The summed E-state index contributed by atoms with van der Waals surface area (Å²) in [6.07, 6.45) is 3.06. The van der Waals surface area contributed by atoms with Crippen molar-refractivity contribution >= 4 is 27.7 Å². The molecule has 1 aromatic heterocycles. The molecule has 0 saturated heterocycles. The van der Waals surface area contributed by atoms with Gasteiger partial charge in [0.05, 0.1) is 5.56 Å². The lowest BCUT2D eigenvalue weighted by Gasteiger charge is -2.07. The highest BCUT2D eigenvalue weighted by Gasteiger charge is 2.07. The van der Waals surface area contributed by atoms with Gasteiger partial charge in [-0.2, -0.15) is 0 Å². The summed E-state index contributed by atoms with van der Waals surface area (Å²) in [6, 6.07) is 7.60. The van der Waals surface area contributed by atoms with Crippen LogP contribution in [0.15, 0.2) is 47.2 Å². The first-order valence-corrected chi connectivity index (χ1v) is 7.31. The van der Waals surface area contributed by atoms with Crippen LogP contribution in [-0.2, 0) is 0 Å². The van der Waals surface area contributed by atoms with Crippen molar-refractivity contribution < 1.29 is 14.7 Å². The van der Waals surface area contributed by atoms with Gasteiger partial charge in [-0.05, 0) is 46.3 Å². The molecule has 114 valence electrons. The van der Waals surface area contributed by atoms with Crippen LogP contribution in [0.5, 0.6) is 5.75 Å². The molecule has 1 aromatic carbocycles. The number of carbonyl (C=O) groups excluding carboxylic acids is 2. The van der Waals surface area contributed by atoms with Gasteiger partial charge in [0.15, 0.2) is 0 Å². The molecule has 0 saturated carbocycles. The lowest BCUT2D eigenvalue weighted by molar-refractivity contribution is 0.0927. The van der Waals surface area contributed by atoms with Crippen LogP contribution in [0.4, 0.5) is 0 Å². The van der Waals surface area contributed by atoms with Crippen molar-refractivity contribution in [2.24, 2.45) is 0 Å². The molecule has 0 bridgehead atoms. The largest absolute Gasteiger partial charge is 0.508 e. The lowest BCUT2D eigenvalue weighted by Crippen LogP contribution is -2.34. The number of halogens is 1. The molecule has 0 unspecified atom stereocenters. The first kappa shape index (κ1) is 16.0. The van der Waals surface area contributed by atoms with Crippen molar-refractivity contribution in [3.63, 3.8) is 0 Å². The standard InChI is InChI=1S/C15H14BrN3O3/c16-12-7-11(8-17-9-12)15(22)19-6-5-18-14(21)10-1-3-13(20)4-2-10/h1-4,7-9,20H,5-6H2,(H,18,21)(H,19,22). The Morgan fingerprint density at radius 2 is 1.59 bits per heavy atom. The lowest BCUT2D eigenvalue weighted by atomic mass is 10.2. The molecule has 0 aliphatic carbocycles. The Bertz CT molecular complexity index is 674. The highest BCUT2D eigenvalue weighted by atomic mass is 79.9. The fraction of sp³-hybridized carbons (Fsp3) is 0.133. The molecule has 3 N–H and O–H groups in total. The second-order valence-electron chi connectivity index (χ2n) is 4.45. The van der Waals surface area contributed by atoms with E-state index in [4.69, 9.17) is 5.11 Å². The van der Waals surface area contributed by atoms with Crippen molar-refractivity contribution in [2.45, 2.75) is 0 Å². The van der Waals surface area contributed by atoms with Crippen LogP contribution in [0.25, 0.3) is 0 Å². The Labute approximate surface area is 135 Å². The van der Waals surface area contributed by atoms with E-state index < -0.39 is 0 Å². The number of aromatic nitrogens is 1. The third-order valence-corrected chi connectivity index (χ3v) is 3.23.